The predicted molar refractivity (Wildman–Crippen MR) is 190 cm³/mol. The summed E-state index contributed by atoms with van der Waals surface area (Å²) in [7, 11) is 0. The zero-order chi connectivity index (χ0) is 30.7. The second-order valence-electron chi connectivity index (χ2n) is 11.2. The van der Waals surface area contributed by atoms with Crippen LogP contribution in [0.5, 0.6) is 0 Å². The van der Waals surface area contributed by atoms with Crippen molar-refractivity contribution in [3.8, 4) is 44.8 Å². The maximum absolute atomic E-state index is 6.42. The van der Waals surface area contributed by atoms with Crippen molar-refractivity contribution in [2.45, 2.75) is 0 Å². The van der Waals surface area contributed by atoms with Crippen LogP contribution in [0.4, 0.5) is 17.1 Å². The van der Waals surface area contributed by atoms with Crippen LogP contribution < -0.4 is 4.90 Å². The fraction of sp³-hybridized carbons (Fsp3) is 0. The Kier molecular flexibility index (Phi) is 7.18. The lowest BCUT2D eigenvalue weighted by Gasteiger charge is -2.28. The number of hydrogen-bond acceptors (Lipinski definition) is 3. The average molecular weight is 591 g/mol. The minimum atomic E-state index is 0.621. The fourth-order valence-electron chi connectivity index (χ4n) is 6.08. The van der Waals surface area contributed by atoms with E-state index in [1.165, 1.54) is 16.7 Å². The summed E-state index contributed by atoms with van der Waals surface area (Å²) in [5.74, 6) is 0.621. The van der Waals surface area contributed by atoms with Crippen LogP contribution in [0.3, 0.4) is 0 Å². The van der Waals surface area contributed by atoms with E-state index in [1.54, 1.807) is 0 Å². The van der Waals surface area contributed by atoms with E-state index in [0.29, 0.717) is 5.89 Å². The summed E-state index contributed by atoms with van der Waals surface area (Å²) in [4.78, 5) is 7.17. The molecule has 3 heteroatoms. The summed E-state index contributed by atoms with van der Waals surface area (Å²) in [6.45, 7) is 0. The molecule has 8 rings (SSSR count). The molecule has 7 aromatic carbocycles. The van der Waals surface area contributed by atoms with Crippen LogP contribution >= 0.6 is 0 Å². The van der Waals surface area contributed by atoms with Crippen molar-refractivity contribution in [1.29, 1.82) is 0 Å². The molecule has 0 bridgehead atoms. The molecule has 0 aliphatic heterocycles. The predicted octanol–water partition coefficient (Wildman–Crippen LogP) is 12.0. The summed E-state index contributed by atoms with van der Waals surface area (Å²) < 4.78 is 6.42. The minimum Gasteiger partial charge on any atom is -0.435 e. The first kappa shape index (κ1) is 27.4. The number of aromatic nitrogens is 1. The van der Waals surface area contributed by atoms with Crippen molar-refractivity contribution in [1.82, 2.24) is 4.98 Å². The Labute approximate surface area is 268 Å². The van der Waals surface area contributed by atoms with Gasteiger partial charge in [-0.25, -0.2) is 4.98 Å². The molecular formula is C43H30N2O. The van der Waals surface area contributed by atoms with E-state index in [2.05, 4.69) is 144 Å². The summed E-state index contributed by atoms with van der Waals surface area (Å²) in [6, 6.07) is 63.4. The van der Waals surface area contributed by atoms with Crippen LogP contribution in [0, 0.1) is 0 Å². The molecule has 3 nitrogen and oxygen atoms in total. The molecule has 0 saturated heterocycles. The summed E-state index contributed by atoms with van der Waals surface area (Å²) in [6.07, 6.45) is 0. The number of nitrogens with zero attached hydrogens (tertiary/aromatic N) is 2. The van der Waals surface area contributed by atoms with Crippen LogP contribution in [-0.2, 0) is 0 Å². The Hall–Kier alpha value is -6.19. The molecule has 8 aromatic rings. The van der Waals surface area contributed by atoms with Gasteiger partial charge in [0.15, 0.2) is 5.58 Å². The molecule has 0 N–H and O–H groups in total. The lowest BCUT2D eigenvalue weighted by Crippen LogP contribution is -2.11. The van der Waals surface area contributed by atoms with Crippen molar-refractivity contribution < 1.29 is 4.42 Å². The third kappa shape index (κ3) is 5.25. The normalized spacial score (nSPS) is 11.0. The van der Waals surface area contributed by atoms with E-state index in [9.17, 15) is 0 Å². The Balaban J connectivity index is 1.27. The van der Waals surface area contributed by atoms with E-state index < -0.39 is 0 Å². The first-order valence-corrected chi connectivity index (χ1v) is 15.5. The monoisotopic (exact) mass is 590 g/mol. The lowest BCUT2D eigenvalue weighted by molar-refractivity contribution is 0.621. The molecule has 0 saturated carbocycles. The summed E-state index contributed by atoms with van der Waals surface area (Å²) in [5.41, 5.74) is 12.6. The largest absolute Gasteiger partial charge is 0.435 e. The maximum atomic E-state index is 6.42. The van der Waals surface area contributed by atoms with Gasteiger partial charge in [-0.05, 0) is 70.8 Å². The minimum absolute atomic E-state index is 0.621. The number of benzene rings is 7. The average Bonchev–Trinajstić information content (AvgIpc) is 3.59. The molecule has 0 fully saturated rings. The van der Waals surface area contributed by atoms with Gasteiger partial charge >= 0.3 is 0 Å². The second-order valence-corrected chi connectivity index (χ2v) is 11.2. The Morgan fingerprint density at radius 1 is 0.391 bits per heavy atom. The number of anilines is 3. The first-order chi connectivity index (χ1) is 22.8. The van der Waals surface area contributed by atoms with E-state index in [0.717, 1.165) is 50.4 Å². The summed E-state index contributed by atoms with van der Waals surface area (Å²) >= 11 is 0. The highest BCUT2D eigenvalue weighted by molar-refractivity contribution is 5.94. The highest BCUT2D eigenvalue weighted by Crippen LogP contribution is 2.43. The first-order valence-electron chi connectivity index (χ1n) is 15.5. The quantitative estimate of drug-likeness (QED) is 0.185. The molecule has 0 aliphatic carbocycles. The fourth-order valence-corrected chi connectivity index (χ4v) is 6.08. The van der Waals surface area contributed by atoms with E-state index in [-0.39, 0.29) is 0 Å². The summed E-state index contributed by atoms with van der Waals surface area (Å²) in [5, 5.41) is 0. The van der Waals surface area contributed by atoms with E-state index in [1.807, 2.05) is 42.5 Å². The Morgan fingerprint density at radius 2 is 0.957 bits per heavy atom. The zero-order valence-corrected chi connectivity index (χ0v) is 25.1. The molecule has 218 valence electrons. The molecule has 0 aliphatic rings. The molecule has 46 heavy (non-hydrogen) atoms. The van der Waals surface area contributed by atoms with Gasteiger partial charge < -0.3 is 9.32 Å². The molecule has 0 radical (unpaired) electrons. The Morgan fingerprint density at radius 3 is 1.70 bits per heavy atom. The number of hydrogen-bond donors (Lipinski definition) is 0. The van der Waals surface area contributed by atoms with E-state index >= 15 is 0 Å². The van der Waals surface area contributed by atoms with Gasteiger partial charge in [0.25, 0.3) is 0 Å². The van der Waals surface area contributed by atoms with Crippen molar-refractivity contribution in [3.63, 3.8) is 0 Å². The van der Waals surface area contributed by atoms with Crippen molar-refractivity contribution in [2.24, 2.45) is 0 Å². The van der Waals surface area contributed by atoms with Gasteiger partial charge in [-0.3, -0.25) is 0 Å². The van der Waals surface area contributed by atoms with Crippen molar-refractivity contribution in [2.75, 3.05) is 4.90 Å². The van der Waals surface area contributed by atoms with Crippen LogP contribution in [-0.4, -0.2) is 4.98 Å². The second kappa shape index (κ2) is 12.1. The Bertz CT molecular complexity index is 2240. The number of rotatable bonds is 7. The van der Waals surface area contributed by atoms with Gasteiger partial charge in [0.05, 0.1) is 5.69 Å². The SMILES string of the molecule is c1ccc(-c2ccc(N(c3cccc(-c4cccc5nc(-c6ccccc6)oc45)c3)c3ccccc3-c3ccccc3)cc2)cc1. The van der Waals surface area contributed by atoms with Crippen LogP contribution in [0.2, 0.25) is 0 Å². The molecule has 0 atom stereocenters. The van der Waals surface area contributed by atoms with Gasteiger partial charge in [-0.2, -0.15) is 0 Å². The number of fused-ring (bicyclic) bond motifs is 1. The topological polar surface area (TPSA) is 29.3 Å². The van der Waals surface area contributed by atoms with Gasteiger partial charge in [0, 0.05) is 28.1 Å². The number of oxazole rings is 1. The highest BCUT2D eigenvalue weighted by atomic mass is 16.3. The highest BCUT2D eigenvalue weighted by Gasteiger charge is 2.19. The van der Waals surface area contributed by atoms with Crippen LogP contribution in [0.25, 0.3) is 55.9 Å². The third-order valence-corrected chi connectivity index (χ3v) is 8.31. The molecule has 1 aromatic heterocycles. The maximum Gasteiger partial charge on any atom is 0.227 e. The molecule has 0 unspecified atom stereocenters. The molecule has 0 spiro atoms. The lowest BCUT2D eigenvalue weighted by atomic mass is 10.00. The van der Waals surface area contributed by atoms with Gasteiger partial charge in [0.2, 0.25) is 5.89 Å². The van der Waals surface area contributed by atoms with Crippen LogP contribution in [0.1, 0.15) is 0 Å². The number of para-hydroxylation sites is 2. The molecule has 1 heterocycles. The third-order valence-electron chi connectivity index (χ3n) is 8.31. The van der Waals surface area contributed by atoms with Crippen molar-refractivity contribution >= 4 is 28.2 Å². The molecule has 0 amide bonds. The molecular weight excluding hydrogens is 560 g/mol. The van der Waals surface area contributed by atoms with Gasteiger partial charge in [0.1, 0.15) is 5.52 Å². The van der Waals surface area contributed by atoms with Crippen molar-refractivity contribution in [3.05, 3.63) is 182 Å². The van der Waals surface area contributed by atoms with Gasteiger partial charge in [-0.1, -0.05) is 133 Å². The zero-order valence-electron chi connectivity index (χ0n) is 25.1. The van der Waals surface area contributed by atoms with Gasteiger partial charge in [-0.15, -0.1) is 0 Å². The smallest absolute Gasteiger partial charge is 0.227 e. The van der Waals surface area contributed by atoms with E-state index in [4.69, 9.17) is 9.40 Å². The van der Waals surface area contributed by atoms with Crippen LogP contribution in [0.15, 0.2) is 186 Å². The standard InChI is InChI=1S/C43H30N2O/c1-4-14-31(15-5-1)32-26-28-36(29-27-32)45(41-25-11-10-22-38(41)33-16-6-2-7-17-33)37-21-12-20-35(30-37)39-23-13-24-40-42(39)46-43(44-40)34-18-8-3-9-19-34/h1-30H.